The lowest BCUT2D eigenvalue weighted by molar-refractivity contribution is 0.922. The molecule has 12 heavy (non-hydrogen) atoms. The van der Waals surface area contributed by atoms with Gasteiger partial charge in [0, 0.05) is 18.3 Å². The number of nitrogens with zero attached hydrogens (tertiary/aromatic N) is 2. The van der Waals surface area contributed by atoms with E-state index in [1.165, 1.54) is 6.33 Å². The van der Waals surface area contributed by atoms with Crippen molar-refractivity contribution in [3.63, 3.8) is 0 Å². The zero-order chi connectivity index (χ0) is 8.81. The first-order valence-corrected chi connectivity index (χ1v) is 3.99. The molecule has 1 rings (SSSR count). The van der Waals surface area contributed by atoms with Gasteiger partial charge in [-0.3, -0.25) is 0 Å². The van der Waals surface area contributed by atoms with Gasteiger partial charge in [-0.15, -0.1) is 0 Å². The van der Waals surface area contributed by atoms with Gasteiger partial charge >= 0.3 is 0 Å². The van der Waals surface area contributed by atoms with Crippen molar-refractivity contribution < 1.29 is 0 Å². The molecule has 0 aliphatic rings. The van der Waals surface area contributed by atoms with Gasteiger partial charge in [0.15, 0.2) is 0 Å². The van der Waals surface area contributed by atoms with Crippen LogP contribution in [0.3, 0.4) is 0 Å². The summed E-state index contributed by atoms with van der Waals surface area (Å²) in [5.41, 5.74) is 0.842. The zero-order valence-corrected chi connectivity index (χ0v) is 7.54. The number of hydrogen-bond donors (Lipinski definition) is 1. The van der Waals surface area contributed by atoms with Gasteiger partial charge in [0.1, 0.15) is 11.5 Å². The normalized spacial score (nSPS) is 10.8. The van der Waals surface area contributed by atoms with Crippen LogP contribution < -0.4 is 5.32 Å². The van der Waals surface area contributed by atoms with E-state index in [0.29, 0.717) is 5.15 Å². The third-order valence-corrected chi connectivity index (χ3v) is 1.62. The second kappa shape index (κ2) is 4.85. The first-order chi connectivity index (χ1) is 5.84. The Kier molecular flexibility index (Phi) is 3.70. The molecule has 0 radical (unpaired) electrons. The maximum atomic E-state index is 5.78. The highest BCUT2D eigenvalue weighted by atomic mass is 35.5. The van der Waals surface area contributed by atoms with Crippen LogP contribution in [-0.2, 0) is 0 Å². The minimum atomic E-state index is 0.484. The first kappa shape index (κ1) is 9.16. The summed E-state index contributed by atoms with van der Waals surface area (Å²) in [6.07, 6.45) is 6.96. The third-order valence-electron chi connectivity index (χ3n) is 1.31. The molecule has 0 bridgehead atoms. The van der Waals surface area contributed by atoms with Crippen LogP contribution in [0.1, 0.15) is 5.56 Å². The summed E-state index contributed by atoms with van der Waals surface area (Å²) in [6.45, 7) is 0.811. The van der Waals surface area contributed by atoms with Gasteiger partial charge in [-0.1, -0.05) is 23.8 Å². The molecule has 1 aromatic heterocycles. The summed E-state index contributed by atoms with van der Waals surface area (Å²) in [6, 6.07) is 0. The molecule has 1 aromatic rings. The van der Waals surface area contributed by atoms with Crippen LogP contribution in [0.2, 0.25) is 5.15 Å². The zero-order valence-electron chi connectivity index (χ0n) is 6.79. The van der Waals surface area contributed by atoms with Gasteiger partial charge in [0.2, 0.25) is 0 Å². The van der Waals surface area contributed by atoms with E-state index in [-0.39, 0.29) is 0 Å². The van der Waals surface area contributed by atoms with Gasteiger partial charge in [0.05, 0.1) is 0 Å². The fraction of sp³-hybridized carbons (Fsp3) is 0.250. The van der Waals surface area contributed by atoms with Crippen molar-refractivity contribution in [2.75, 3.05) is 13.6 Å². The second-order valence-corrected chi connectivity index (χ2v) is 2.59. The largest absolute Gasteiger partial charge is 0.316 e. The summed E-state index contributed by atoms with van der Waals surface area (Å²) < 4.78 is 0. The third kappa shape index (κ3) is 2.60. The van der Waals surface area contributed by atoms with Crippen LogP contribution in [-0.4, -0.2) is 23.6 Å². The molecule has 64 valence electrons. The van der Waals surface area contributed by atoms with Gasteiger partial charge in [-0.2, -0.15) is 0 Å². The number of rotatable bonds is 3. The molecule has 0 spiro atoms. The van der Waals surface area contributed by atoms with Crippen molar-refractivity contribution in [3.8, 4) is 0 Å². The SMILES string of the molecule is CNCC=Cc1cncnc1Cl. The second-order valence-electron chi connectivity index (χ2n) is 2.23. The van der Waals surface area contributed by atoms with Crippen molar-refractivity contribution in [2.24, 2.45) is 0 Å². The predicted octanol–water partition coefficient (Wildman–Crippen LogP) is 1.36. The standard InChI is InChI=1S/C8H10ClN3/c1-10-4-2-3-7-5-11-6-12-8(7)9/h2-3,5-6,10H,4H2,1H3. The minimum absolute atomic E-state index is 0.484. The number of halogens is 1. The van der Waals surface area contributed by atoms with E-state index in [1.807, 2.05) is 19.2 Å². The fourth-order valence-electron chi connectivity index (χ4n) is 0.741. The lowest BCUT2D eigenvalue weighted by Gasteiger charge is -1.94. The van der Waals surface area contributed by atoms with Crippen molar-refractivity contribution in [2.45, 2.75) is 0 Å². The van der Waals surface area contributed by atoms with Crippen LogP contribution in [0.15, 0.2) is 18.6 Å². The van der Waals surface area contributed by atoms with E-state index in [9.17, 15) is 0 Å². The van der Waals surface area contributed by atoms with Crippen molar-refractivity contribution >= 4 is 17.7 Å². The van der Waals surface area contributed by atoms with Gasteiger partial charge in [-0.25, -0.2) is 9.97 Å². The highest BCUT2D eigenvalue weighted by Gasteiger charge is 1.94. The molecule has 1 N–H and O–H groups in total. The van der Waals surface area contributed by atoms with E-state index in [2.05, 4.69) is 15.3 Å². The Bertz CT molecular complexity index is 273. The molecule has 0 aromatic carbocycles. The molecule has 0 saturated heterocycles. The van der Waals surface area contributed by atoms with Crippen LogP contribution in [0, 0.1) is 0 Å². The number of hydrogen-bond acceptors (Lipinski definition) is 3. The molecule has 0 atom stereocenters. The monoisotopic (exact) mass is 183 g/mol. The van der Waals surface area contributed by atoms with Crippen molar-refractivity contribution in [1.82, 2.24) is 15.3 Å². The predicted molar refractivity (Wildman–Crippen MR) is 50.0 cm³/mol. The number of nitrogens with one attached hydrogen (secondary N) is 1. The summed E-state index contributed by atoms with van der Waals surface area (Å²) >= 11 is 5.78. The smallest absolute Gasteiger partial charge is 0.139 e. The number of likely N-dealkylation sites (N-methyl/N-ethyl adjacent to an activating group) is 1. The molecule has 0 unspecified atom stereocenters. The number of aromatic nitrogens is 2. The van der Waals surface area contributed by atoms with Crippen molar-refractivity contribution in [1.29, 1.82) is 0 Å². The van der Waals surface area contributed by atoms with E-state index in [4.69, 9.17) is 11.6 Å². The minimum Gasteiger partial charge on any atom is -0.316 e. The van der Waals surface area contributed by atoms with Crippen LogP contribution >= 0.6 is 11.6 Å². The molecule has 3 nitrogen and oxygen atoms in total. The summed E-state index contributed by atoms with van der Waals surface area (Å²) in [4.78, 5) is 7.70. The Morgan fingerprint density at radius 1 is 1.67 bits per heavy atom. The molecular formula is C8H10ClN3. The van der Waals surface area contributed by atoms with Crippen LogP contribution in [0.4, 0.5) is 0 Å². The molecule has 0 amide bonds. The average molecular weight is 184 g/mol. The molecule has 0 aliphatic carbocycles. The van der Waals surface area contributed by atoms with E-state index >= 15 is 0 Å². The average Bonchev–Trinajstić information content (AvgIpc) is 2.09. The fourth-order valence-corrected chi connectivity index (χ4v) is 0.896. The maximum absolute atomic E-state index is 5.78. The van der Waals surface area contributed by atoms with Gasteiger partial charge < -0.3 is 5.32 Å². The summed E-state index contributed by atoms with van der Waals surface area (Å²) in [5, 5.41) is 3.47. The van der Waals surface area contributed by atoms with Gasteiger partial charge in [-0.05, 0) is 7.05 Å². The van der Waals surface area contributed by atoms with Crippen LogP contribution in [0.5, 0.6) is 0 Å². The van der Waals surface area contributed by atoms with E-state index in [0.717, 1.165) is 12.1 Å². The quantitative estimate of drug-likeness (QED) is 0.720. The van der Waals surface area contributed by atoms with E-state index < -0.39 is 0 Å². The molecule has 4 heteroatoms. The Hall–Kier alpha value is -0.930. The maximum Gasteiger partial charge on any atom is 0.139 e. The van der Waals surface area contributed by atoms with Crippen molar-refractivity contribution in [3.05, 3.63) is 29.3 Å². The van der Waals surface area contributed by atoms with E-state index in [1.54, 1.807) is 6.20 Å². The topological polar surface area (TPSA) is 37.8 Å². The van der Waals surface area contributed by atoms with Gasteiger partial charge in [0.25, 0.3) is 0 Å². The first-order valence-electron chi connectivity index (χ1n) is 3.61. The molecule has 1 heterocycles. The van der Waals surface area contributed by atoms with Crippen LogP contribution in [0.25, 0.3) is 6.08 Å². The Morgan fingerprint density at radius 2 is 2.50 bits per heavy atom. The molecule has 0 aliphatic heterocycles. The molecular weight excluding hydrogens is 174 g/mol. The highest BCUT2D eigenvalue weighted by molar-refractivity contribution is 6.30. The summed E-state index contributed by atoms with van der Waals surface area (Å²) in [5.74, 6) is 0. The molecule has 0 saturated carbocycles. The Labute approximate surface area is 76.5 Å². The lowest BCUT2D eigenvalue weighted by atomic mass is 10.3. The summed E-state index contributed by atoms with van der Waals surface area (Å²) in [7, 11) is 1.88. The lowest BCUT2D eigenvalue weighted by Crippen LogP contribution is -2.03. The molecule has 0 fully saturated rings. The highest BCUT2D eigenvalue weighted by Crippen LogP contribution is 2.10. The Morgan fingerprint density at radius 3 is 3.17 bits per heavy atom. The Balaban J connectivity index is 2.68.